The quantitative estimate of drug-likeness (QED) is 0.699. The maximum absolute atomic E-state index is 13.5. The Bertz CT molecular complexity index is 1000. The summed E-state index contributed by atoms with van der Waals surface area (Å²) in [5.74, 6) is 0.463. The second-order valence-electron chi connectivity index (χ2n) is 7.08. The molecule has 1 aromatic carbocycles. The van der Waals surface area contributed by atoms with E-state index in [-0.39, 0.29) is 5.82 Å². The van der Waals surface area contributed by atoms with Crippen LogP contribution < -0.4 is 4.90 Å². The molecule has 3 heterocycles. The number of nitrogens with one attached hydrogen (secondary N) is 1. The Balaban J connectivity index is 1.44. The van der Waals surface area contributed by atoms with Crippen molar-refractivity contribution in [2.24, 2.45) is 5.92 Å². The van der Waals surface area contributed by atoms with E-state index in [2.05, 4.69) is 21.9 Å². The predicted molar refractivity (Wildman–Crippen MR) is 99.5 cm³/mol. The van der Waals surface area contributed by atoms with Crippen LogP contribution in [0.3, 0.4) is 0 Å². The number of tetrazole rings is 1. The van der Waals surface area contributed by atoms with Gasteiger partial charge in [0.05, 0.1) is 12.2 Å². The smallest absolute Gasteiger partial charge is 0.225 e. The van der Waals surface area contributed by atoms with Gasteiger partial charge in [-0.05, 0) is 65.1 Å². The molecule has 1 unspecified atom stereocenters. The highest BCUT2D eigenvalue weighted by atomic mass is 32.1. The Morgan fingerprint density at radius 1 is 1.27 bits per heavy atom. The van der Waals surface area contributed by atoms with Crippen LogP contribution in [-0.2, 0) is 13.1 Å². The number of nitrogens with zero attached hydrogens (tertiary/aromatic N) is 4. The van der Waals surface area contributed by atoms with E-state index in [1.165, 1.54) is 45.0 Å². The molecule has 26 heavy (non-hydrogen) atoms. The van der Waals surface area contributed by atoms with E-state index < -0.39 is 0 Å². The van der Waals surface area contributed by atoms with Gasteiger partial charge in [0, 0.05) is 22.8 Å². The van der Waals surface area contributed by atoms with Crippen molar-refractivity contribution < 1.29 is 9.29 Å². The second-order valence-corrected chi connectivity index (χ2v) is 8.45. The van der Waals surface area contributed by atoms with E-state index in [0.717, 1.165) is 18.9 Å². The Morgan fingerprint density at radius 2 is 2.15 bits per heavy atom. The largest absolute Gasteiger partial charge is 0.309 e. The van der Waals surface area contributed by atoms with E-state index in [9.17, 15) is 4.39 Å². The summed E-state index contributed by atoms with van der Waals surface area (Å²) in [7, 11) is 0. The van der Waals surface area contributed by atoms with Crippen LogP contribution in [-0.4, -0.2) is 26.3 Å². The van der Waals surface area contributed by atoms with E-state index >= 15 is 0 Å². The van der Waals surface area contributed by atoms with Crippen molar-refractivity contribution in [3.05, 3.63) is 56.7 Å². The SMILES string of the molecule is Fc1cccc(-n2nnn(C[NH+]3CCc4sccc4[C@@H]3C3CC3)c2=S)c1. The zero-order valence-electron chi connectivity index (χ0n) is 14.1. The summed E-state index contributed by atoms with van der Waals surface area (Å²) in [5.41, 5.74) is 2.12. The number of fused-ring (bicyclic) bond motifs is 1. The molecule has 0 radical (unpaired) electrons. The molecular formula is C18H19FN5S2+. The number of benzene rings is 1. The van der Waals surface area contributed by atoms with Crippen LogP contribution in [0.4, 0.5) is 4.39 Å². The van der Waals surface area contributed by atoms with Crippen molar-refractivity contribution in [2.75, 3.05) is 6.54 Å². The lowest BCUT2D eigenvalue weighted by molar-refractivity contribution is -0.958. The monoisotopic (exact) mass is 388 g/mol. The van der Waals surface area contributed by atoms with Crippen LogP contribution in [0.25, 0.3) is 5.69 Å². The van der Waals surface area contributed by atoms with Crippen molar-refractivity contribution >= 4 is 23.6 Å². The highest BCUT2D eigenvalue weighted by molar-refractivity contribution is 7.71. The Morgan fingerprint density at radius 3 is 2.96 bits per heavy atom. The first-order chi connectivity index (χ1) is 12.7. The topological polar surface area (TPSA) is 40.1 Å². The number of hydrogen-bond acceptors (Lipinski definition) is 4. The number of rotatable bonds is 4. The fourth-order valence-electron chi connectivity index (χ4n) is 4.01. The predicted octanol–water partition coefficient (Wildman–Crippen LogP) is 2.55. The van der Waals surface area contributed by atoms with Crippen LogP contribution in [0, 0.1) is 16.5 Å². The first-order valence-corrected chi connectivity index (χ1v) is 10.2. The Hall–Kier alpha value is -1.90. The number of aromatic nitrogens is 4. The van der Waals surface area contributed by atoms with Gasteiger partial charge < -0.3 is 4.90 Å². The fraction of sp³-hybridized carbons (Fsp3) is 0.389. The molecule has 2 aliphatic rings. The minimum Gasteiger partial charge on any atom is -0.309 e. The number of hydrogen-bond donors (Lipinski definition) is 1. The third kappa shape index (κ3) is 2.82. The maximum Gasteiger partial charge on any atom is 0.225 e. The number of quaternary nitrogens is 1. The van der Waals surface area contributed by atoms with Crippen molar-refractivity contribution in [3.8, 4) is 5.69 Å². The average molecular weight is 389 g/mol. The average Bonchev–Trinajstić information content (AvgIpc) is 3.25. The maximum atomic E-state index is 13.5. The molecule has 0 spiro atoms. The molecule has 3 aromatic rings. The molecule has 0 bridgehead atoms. The first-order valence-electron chi connectivity index (χ1n) is 8.90. The number of halogens is 1. The molecule has 1 saturated carbocycles. The molecule has 1 aliphatic heterocycles. The van der Waals surface area contributed by atoms with E-state index in [1.54, 1.807) is 16.8 Å². The van der Waals surface area contributed by atoms with Gasteiger partial charge in [0.1, 0.15) is 11.9 Å². The molecule has 1 N–H and O–H groups in total. The van der Waals surface area contributed by atoms with Crippen LogP contribution in [0.15, 0.2) is 35.7 Å². The van der Waals surface area contributed by atoms with E-state index in [1.807, 2.05) is 11.3 Å². The minimum absolute atomic E-state index is 0.306. The molecule has 0 saturated heterocycles. The van der Waals surface area contributed by atoms with Gasteiger partial charge >= 0.3 is 0 Å². The van der Waals surface area contributed by atoms with Gasteiger partial charge in [-0.1, -0.05) is 6.07 Å². The third-order valence-electron chi connectivity index (χ3n) is 5.37. The third-order valence-corrected chi connectivity index (χ3v) is 6.75. The van der Waals surface area contributed by atoms with E-state index in [0.29, 0.717) is 23.2 Å². The lowest BCUT2D eigenvalue weighted by Crippen LogP contribution is -3.13. The van der Waals surface area contributed by atoms with Gasteiger partial charge in [-0.2, -0.15) is 9.36 Å². The van der Waals surface area contributed by atoms with Gasteiger partial charge in [-0.3, -0.25) is 0 Å². The standard InChI is InChI=1S/C18H18FN5S2/c19-13-2-1-3-14(10-13)24-18(25)23(20-21-24)11-22-8-6-16-15(7-9-26-16)17(22)12-4-5-12/h1-3,7,9-10,12,17H,4-6,8,11H2/p+1/t17-/m0/s1. The molecule has 0 amide bonds. The normalized spacial score (nSPS) is 22.3. The summed E-state index contributed by atoms with van der Waals surface area (Å²) >= 11 is 7.45. The van der Waals surface area contributed by atoms with Gasteiger partial charge in [-0.25, -0.2) is 4.39 Å². The molecular weight excluding hydrogens is 369 g/mol. The van der Waals surface area contributed by atoms with Gasteiger partial charge in [-0.15, -0.1) is 11.3 Å². The molecule has 5 rings (SSSR count). The molecule has 1 aliphatic carbocycles. The lowest BCUT2D eigenvalue weighted by atomic mass is 9.96. The summed E-state index contributed by atoms with van der Waals surface area (Å²) in [4.78, 5) is 3.04. The van der Waals surface area contributed by atoms with Crippen LogP contribution in [0.1, 0.15) is 29.3 Å². The van der Waals surface area contributed by atoms with Gasteiger partial charge in [0.2, 0.25) is 4.77 Å². The number of thiophene rings is 1. The minimum atomic E-state index is -0.306. The summed E-state index contributed by atoms with van der Waals surface area (Å²) < 4.78 is 17.3. The molecule has 134 valence electrons. The summed E-state index contributed by atoms with van der Waals surface area (Å²) in [6.45, 7) is 1.79. The lowest BCUT2D eigenvalue weighted by Gasteiger charge is -2.32. The van der Waals surface area contributed by atoms with E-state index in [4.69, 9.17) is 12.2 Å². The molecule has 5 nitrogen and oxygen atoms in total. The summed E-state index contributed by atoms with van der Waals surface area (Å²) in [6, 6.07) is 9.11. The van der Waals surface area contributed by atoms with Crippen molar-refractivity contribution in [3.63, 3.8) is 0 Å². The van der Waals surface area contributed by atoms with Crippen LogP contribution in [0.2, 0.25) is 0 Å². The molecule has 2 atom stereocenters. The Labute approximate surface area is 159 Å². The van der Waals surface area contributed by atoms with Gasteiger partial charge in [0.15, 0.2) is 6.67 Å². The zero-order valence-corrected chi connectivity index (χ0v) is 15.8. The summed E-state index contributed by atoms with van der Waals surface area (Å²) in [5, 5.41) is 10.6. The van der Waals surface area contributed by atoms with Crippen LogP contribution in [0.5, 0.6) is 0 Å². The molecule has 1 fully saturated rings. The molecule has 2 aromatic heterocycles. The summed E-state index contributed by atoms with van der Waals surface area (Å²) in [6.07, 6.45) is 3.73. The highest BCUT2D eigenvalue weighted by Crippen LogP contribution is 2.42. The molecule has 8 heteroatoms. The van der Waals surface area contributed by atoms with Crippen molar-refractivity contribution in [2.45, 2.75) is 32.0 Å². The zero-order chi connectivity index (χ0) is 17.7. The van der Waals surface area contributed by atoms with Crippen LogP contribution >= 0.6 is 23.6 Å². The Kier molecular flexibility index (Phi) is 3.99. The second kappa shape index (κ2) is 6.37. The first kappa shape index (κ1) is 16.3. The van der Waals surface area contributed by atoms with Crippen molar-refractivity contribution in [1.82, 2.24) is 19.8 Å². The highest BCUT2D eigenvalue weighted by Gasteiger charge is 2.43. The van der Waals surface area contributed by atoms with Crippen molar-refractivity contribution in [1.29, 1.82) is 0 Å². The van der Waals surface area contributed by atoms with Gasteiger partial charge in [0.25, 0.3) is 0 Å². The fourth-order valence-corrected chi connectivity index (χ4v) is 5.18.